The van der Waals surface area contributed by atoms with E-state index in [0.717, 1.165) is 17.5 Å². The third kappa shape index (κ3) is 3.80. The second kappa shape index (κ2) is 5.74. The predicted octanol–water partition coefficient (Wildman–Crippen LogP) is 3.18. The summed E-state index contributed by atoms with van der Waals surface area (Å²) in [5.74, 6) is -0.156. The Hall–Kier alpha value is -1.36. The molecule has 1 atom stereocenters. The minimum Gasteiger partial charge on any atom is -0.303 e. The lowest BCUT2D eigenvalue weighted by molar-refractivity contribution is -0.137. The van der Waals surface area contributed by atoms with Gasteiger partial charge in [-0.15, -0.1) is 0 Å². The van der Waals surface area contributed by atoms with Crippen molar-refractivity contribution in [3.8, 4) is 0 Å². The van der Waals surface area contributed by atoms with E-state index in [9.17, 15) is 18.0 Å². The second-order valence-corrected chi connectivity index (χ2v) is 4.77. The molecular weight excluding hydrogens is 255 g/mol. The van der Waals surface area contributed by atoms with Crippen LogP contribution in [0, 0.1) is 0 Å². The van der Waals surface area contributed by atoms with Crippen molar-refractivity contribution in [3.05, 3.63) is 35.4 Å². The third-order valence-electron chi connectivity index (χ3n) is 3.31. The SMILES string of the molecule is O=C(CCCC(F)(F)F)C1NCCc2ccccc21. The molecule has 0 saturated carbocycles. The molecule has 1 unspecified atom stereocenters. The van der Waals surface area contributed by atoms with Crippen LogP contribution in [0.1, 0.15) is 36.4 Å². The molecule has 0 bridgehead atoms. The number of halogens is 3. The molecule has 0 spiro atoms. The fourth-order valence-corrected chi connectivity index (χ4v) is 2.40. The third-order valence-corrected chi connectivity index (χ3v) is 3.31. The van der Waals surface area contributed by atoms with E-state index in [2.05, 4.69) is 5.32 Å². The lowest BCUT2D eigenvalue weighted by atomic mass is 9.90. The van der Waals surface area contributed by atoms with Crippen LogP contribution in [0.4, 0.5) is 13.2 Å². The van der Waals surface area contributed by atoms with E-state index in [0.29, 0.717) is 6.54 Å². The molecule has 1 heterocycles. The maximum Gasteiger partial charge on any atom is 0.389 e. The highest BCUT2D eigenvalue weighted by molar-refractivity contribution is 5.86. The van der Waals surface area contributed by atoms with Gasteiger partial charge in [-0.3, -0.25) is 4.79 Å². The first kappa shape index (κ1) is 14.1. The maximum atomic E-state index is 12.1. The van der Waals surface area contributed by atoms with E-state index in [4.69, 9.17) is 0 Å². The number of hydrogen-bond donors (Lipinski definition) is 1. The van der Waals surface area contributed by atoms with Crippen molar-refractivity contribution in [2.75, 3.05) is 6.54 Å². The summed E-state index contributed by atoms with van der Waals surface area (Å²) in [4.78, 5) is 12.0. The lowest BCUT2D eigenvalue weighted by Gasteiger charge is -2.25. The number of fused-ring (bicyclic) bond motifs is 1. The molecule has 19 heavy (non-hydrogen) atoms. The van der Waals surface area contributed by atoms with Gasteiger partial charge in [0.2, 0.25) is 0 Å². The van der Waals surface area contributed by atoms with Crippen molar-refractivity contribution in [1.29, 1.82) is 0 Å². The van der Waals surface area contributed by atoms with Crippen LogP contribution in [0.25, 0.3) is 0 Å². The van der Waals surface area contributed by atoms with E-state index in [1.807, 2.05) is 24.3 Å². The molecule has 1 aliphatic heterocycles. The van der Waals surface area contributed by atoms with Crippen LogP contribution in [0.5, 0.6) is 0 Å². The Morgan fingerprint density at radius 1 is 1.32 bits per heavy atom. The summed E-state index contributed by atoms with van der Waals surface area (Å²) in [6.45, 7) is 0.687. The van der Waals surface area contributed by atoms with Crippen LogP contribution in [0.2, 0.25) is 0 Å². The number of carbonyl (C=O) groups excluding carboxylic acids is 1. The Balaban J connectivity index is 1.97. The molecule has 0 amide bonds. The van der Waals surface area contributed by atoms with E-state index < -0.39 is 18.6 Å². The van der Waals surface area contributed by atoms with E-state index in [-0.39, 0.29) is 18.6 Å². The van der Waals surface area contributed by atoms with Gasteiger partial charge >= 0.3 is 6.18 Å². The zero-order chi connectivity index (χ0) is 13.9. The molecule has 0 aliphatic carbocycles. The molecule has 1 aromatic carbocycles. The van der Waals surface area contributed by atoms with Crippen LogP contribution in [-0.4, -0.2) is 18.5 Å². The highest BCUT2D eigenvalue weighted by Crippen LogP contribution is 2.27. The monoisotopic (exact) mass is 271 g/mol. The smallest absolute Gasteiger partial charge is 0.303 e. The number of Topliss-reactive ketones (excluding diaryl/α,β-unsaturated/α-hetero) is 1. The first-order chi connectivity index (χ1) is 8.97. The number of carbonyl (C=O) groups is 1. The van der Waals surface area contributed by atoms with Crippen LogP contribution < -0.4 is 5.32 Å². The summed E-state index contributed by atoms with van der Waals surface area (Å²) >= 11 is 0. The van der Waals surface area contributed by atoms with Gasteiger partial charge in [0.15, 0.2) is 5.78 Å². The van der Waals surface area contributed by atoms with Crippen molar-refractivity contribution in [2.24, 2.45) is 0 Å². The molecule has 0 aromatic heterocycles. The van der Waals surface area contributed by atoms with Gasteiger partial charge in [0.05, 0.1) is 6.04 Å². The van der Waals surface area contributed by atoms with Crippen molar-refractivity contribution >= 4 is 5.78 Å². The average molecular weight is 271 g/mol. The van der Waals surface area contributed by atoms with Gasteiger partial charge < -0.3 is 5.32 Å². The molecule has 0 radical (unpaired) electrons. The Kier molecular flexibility index (Phi) is 4.24. The first-order valence-electron chi connectivity index (χ1n) is 6.38. The Labute approximate surface area is 110 Å². The Morgan fingerprint density at radius 3 is 2.79 bits per heavy atom. The molecule has 2 nitrogen and oxygen atoms in total. The molecule has 1 aliphatic rings. The minimum absolute atomic E-state index is 0.0362. The number of benzene rings is 1. The average Bonchev–Trinajstić information content (AvgIpc) is 2.36. The summed E-state index contributed by atoms with van der Waals surface area (Å²) in [5.41, 5.74) is 2.01. The molecule has 1 N–H and O–H groups in total. The van der Waals surface area contributed by atoms with Gasteiger partial charge in [0, 0.05) is 19.4 Å². The van der Waals surface area contributed by atoms with Gasteiger partial charge in [0.1, 0.15) is 0 Å². The fourth-order valence-electron chi connectivity index (χ4n) is 2.40. The molecule has 104 valence electrons. The normalized spacial score (nSPS) is 19.0. The van der Waals surface area contributed by atoms with Crippen molar-refractivity contribution < 1.29 is 18.0 Å². The van der Waals surface area contributed by atoms with Crippen molar-refractivity contribution in [3.63, 3.8) is 0 Å². The van der Waals surface area contributed by atoms with Crippen LogP contribution >= 0.6 is 0 Å². The van der Waals surface area contributed by atoms with E-state index in [1.54, 1.807) is 0 Å². The van der Waals surface area contributed by atoms with Gasteiger partial charge in [0.25, 0.3) is 0 Å². The zero-order valence-corrected chi connectivity index (χ0v) is 10.5. The van der Waals surface area contributed by atoms with Gasteiger partial charge in [-0.25, -0.2) is 0 Å². The quantitative estimate of drug-likeness (QED) is 0.911. The number of nitrogens with one attached hydrogen (secondary N) is 1. The second-order valence-electron chi connectivity index (χ2n) is 4.77. The van der Waals surface area contributed by atoms with Crippen LogP contribution in [0.15, 0.2) is 24.3 Å². The molecule has 1 aromatic rings. The summed E-state index contributed by atoms with van der Waals surface area (Å²) in [6.07, 6.45) is -4.40. The standard InChI is InChI=1S/C14H16F3NO/c15-14(16,17)8-3-6-12(19)13-11-5-2-1-4-10(11)7-9-18-13/h1-2,4-5,13,18H,3,6-9H2. The highest BCUT2D eigenvalue weighted by atomic mass is 19.4. The lowest BCUT2D eigenvalue weighted by Crippen LogP contribution is -2.35. The Bertz CT molecular complexity index is 456. The predicted molar refractivity (Wildman–Crippen MR) is 65.8 cm³/mol. The summed E-state index contributed by atoms with van der Waals surface area (Å²) in [7, 11) is 0. The summed E-state index contributed by atoms with van der Waals surface area (Å²) in [6, 6.07) is 7.15. The molecule has 2 rings (SSSR count). The largest absolute Gasteiger partial charge is 0.389 e. The first-order valence-corrected chi connectivity index (χ1v) is 6.38. The van der Waals surface area contributed by atoms with E-state index in [1.165, 1.54) is 0 Å². The molecule has 5 heteroatoms. The number of hydrogen-bond acceptors (Lipinski definition) is 2. The van der Waals surface area contributed by atoms with Crippen molar-refractivity contribution in [1.82, 2.24) is 5.32 Å². The number of ketones is 1. The van der Waals surface area contributed by atoms with Gasteiger partial charge in [-0.2, -0.15) is 13.2 Å². The maximum absolute atomic E-state index is 12.1. The molecule has 0 saturated heterocycles. The topological polar surface area (TPSA) is 29.1 Å². The summed E-state index contributed by atoms with van der Waals surface area (Å²) < 4.78 is 36.2. The zero-order valence-electron chi connectivity index (χ0n) is 10.5. The van der Waals surface area contributed by atoms with Crippen LogP contribution in [-0.2, 0) is 11.2 Å². The molecular formula is C14H16F3NO. The van der Waals surface area contributed by atoms with E-state index >= 15 is 0 Å². The van der Waals surface area contributed by atoms with Gasteiger partial charge in [-0.1, -0.05) is 24.3 Å². The highest BCUT2D eigenvalue weighted by Gasteiger charge is 2.29. The number of alkyl halides is 3. The van der Waals surface area contributed by atoms with Crippen molar-refractivity contribution in [2.45, 2.75) is 37.9 Å². The minimum atomic E-state index is -4.18. The fraction of sp³-hybridized carbons (Fsp3) is 0.500. The summed E-state index contributed by atoms with van der Waals surface area (Å²) in [5, 5.41) is 3.09. The Morgan fingerprint density at radius 2 is 2.05 bits per heavy atom. The molecule has 0 fully saturated rings. The van der Waals surface area contributed by atoms with Crippen LogP contribution in [0.3, 0.4) is 0 Å². The van der Waals surface area contributed by atoms with Gasteiger partial charge in [-0.05, 0) is 24.0 Å². The number of rotatable bonds is 4.